The molecule has 0 bridgehead atoms. The van der Waals surface area contributed by atoms with Gasteiger partial charge in [-0.2, -0.15) is 0 Å². The maximum atomic E-state index is 13.4. The van der Waals surface area contributed by atoms with E-state index < -0.39 is 11.8 Å². The van der Waals surface area contributed by atoms with Crippen molar-refractivity contribution in [3.63, 3.8) is 0 Å². The number of amides is 2. The van der Waals surface area contributed by atoms with Gasteiger partial charge in [-0.1, -0.05) is 0 Å². The Hall–Kier alpha value is -2.11. The van der Waals surface area contributed by atoms with Crippen molar-refractivity contribution in [2.24, 2.45) is 5.73 Å². The highest BCUT2D eigenvalue weighted by Crippen LogP contribution is 2.15. The molecule has 0 aliphatic rings. The number of halogens is 1. The van der Waals surface area contributed by atoms with Crippen LogP contribution in [0.3, 0.4) is 0 Å². The van der Waals surface area contributed by atoms with Gasteiger partial charge in [0, 0.05) is 19.7 Å². The second kappa shape index (κ2) is 4.61. The van der Waals surface area contributed by atoms with Crippen molar-refractivity contribution in [1.29, 1.82) is 5.41 Å². The third kappa shape index (κ3) is 2.69. The fourth-order valence-electron chi connectivity index (χ4n) is 1.01. The van der Waals surface area contributed by atoms with E-state index >= 15 is 0 Å². The molecule has 1 rings (SSSR count). The molecule has 0 saturated carbocycles. The van der Waals surface area contributed by atoms with Crippen LogP contribution >= 0.6 is 0 Å². The fourth-order valence-corrected chi connectivity index (χ4v) is 1.01. The molecule has 2 amide bonds. The van der Waals surface area contributed by atoms with Gasteiger partial charge in [-0.15, -0.1) is 0 Å². The van der Waals surface area contributed by atoms with Crippen molar-refractivity contribution < 1.29 is 9.18 Å². The predicted octanol–water partition coefficient (Wildman–Crippen LogP) is 1.20. The van der Waals surface area contributed by atoms with Gasteiger partial charge >= 0.3 is 6.03 Å². The summed E-state index contributed by atoms with van der Waals surface area (Å²) in [6.45, 7) is 0. The number of anilines is 1. The minimum atomic E-state index is -0.622. The second-order valence-electron chi connectivity index (χ2n) is 3.43. The Morgan fingerprint density at radius 2 is 2.12 bits per heavy atom. The van der Waals surface area contributed by atoms with Gasteiger partial charge in [0.15, 0.2) is 0 Å². The molecule has 86 valence electrons. The van der Waals surface area contributed by atoms with Crippen LogP contribution in [-0.2, 0) is 0 Å². The highest BCUT2D eigenvalue weighted by Gasteiger charge is 2.09. The molecule has 0 unspecified atom stereocenters. The minimum Gasteiger partial charge on any atom is -0.384 e. The third-order valence-electron chi connectivity index (χ3n) is 1.93. The van der Waals surface area contributed by atoms with E-state index in [2.05, 4.69) is 5.32 Å². The quantitative estimate of drug-likeness (QED) is 0.521. The molecule has 6 heteroatoms. The van der Waals surface area contributed by atoms with Gasteiger partial charge in [-0.05, 0) is 18.2 Å². The zero-order chi connectivity index (χ0) is 12.3. The first-order valence-corrected chi connectivity index (χ1v) is 4.54. The van der Waals surface area contributed by atoms with Crippen LogP contribution in [0.5, 0.6) is 0 Å². The first-order chi connectivity index (χ1) is 7.41. The number of nitrogen functional groups attached to an aromatic ring is 1. The molecule has 4 N–H and O–H groups in total. The number of carbonyl (C=O) groups excluding carboxylic acids is 1. The van der Waals surface area contributed by atoms with Gasteiger partial charge in [0.05, 0.1) is 5.69 Å². The highest BCUT2D eigenvalue weighted by molar-refractivity contribution is 5.96. The summed E-state index contributed by atoms with van der Waals surface area (Å²) in [5, 5.41) is 9.50. The van der Waals surface area contributed by atoms with Crippen molar-refractivity contribution in [1.82, 2.24) is 4.90 Å². The van der Waals surface area contributed by atoms with Gasteiger partial charge in [0.1, 0.15) is 11.7 Å². The Kier molecular flexibility index (Phi) is 3.44. The molecule has 0 aromatic heterocycles. The second-order valence-corrected chi connectivity index (χ2v) is 3.43. The number of hydrogen-bond acceptors (Lipinski definition) is 2. The summed E-state index contributed by atoms with van der Waals surface area (Å²) in [4.78, 5) is 12.6. The maximum absolute atomic E-state index is 13.4. The lowest BCUT2D eigenvalue weighted by molar-refractivity contribution is 0.230. The van der Waals surface area contributed by atoms with E-state index in [4.69, 9.17) is 11.1 Å². The molecular formula is C10H13FN4O. The molecule has 16 heavy (non-hydrogen) atoms. The van der Waals surface area contributed by atoms with Gasteiger partial charge in [0.2, 0.25) is 0 Å². The number of nitrogens with two attached hydrogens (primary N) is 1. The summed E-state index contributed by atoms with van der Waals surface area (Å²) in [5.41, 5.74) is 5.54. The lowest BCUT2D eigenvalue weighted by atomic mass is 10.2. The fraction of sp³-hybridized carbons (Fsp3) is 0.200. The number of amidine groups is 1. The Balaban J connectivity index is 2.91. The Labute approximate surface area is 92.6 Å². The smallest absolute Gasteiger partial charge is 0.321 e. The molecule has 0 atom stereocenters. The molecule has 0 aliphatic heterocycles. The molecule has 1 aromatic rings. The first kappa shape index (κ1) is 12.0. The van der Waals surface area contributed by atoms with E-state index in [1.165, 1.54) is 17.0 Å². The lowest BCUT2D eigenvalue weighted by Gasteiger charge is -2.12. The topological polar surface area (TPSA) is 82.2 Å². The number of hydrogen-bond donors (Lipinski definition) is 3. The largest absolute Gasteiger partial charge is 0.384 e. The van der Waals surface area contributed by atoms with Crippen LogP contribution in [0.1, 0.15) is 5.56 Å². The van der Waals surface area contributed by atoms with Gasteiger partial charge in [-0.3, -0.25) is 5.41 Å². The van der Waals surface area contributed by atoms with Crippen LogP contribution in [-0.4, -0.2) is 30.9 Å². The average molecular weight is 224 g/mol. The van der Waals surface area contributed by atoms with E-state index in [-0.39, 0.29) is 17.1 Å². The van der Waals surface area contributed by atoms with Crippen LogP contribution in [0.2, 0.25) is 0 Å². The third-order valence-corrected chi connectivity index (χ3v) is 1.93. The molecule has 0 saturated heterocycles. The molecular weight excluding hydrogens is 211 g/mol. The summed E-state index contributed by atoms with van der Waals surface area (Å²) in [7, 11) is 3.11. The van der Waals surface area contributed by atoms with Crippen LogP contribution in [0.15, 0.2) is 18.2 Å². The summed E-state index contributed by atoms with van der Waals surface area (Å²) >= 11 is 0. The van der Waals surface area contributed by atoms with E-state index in [1.54, 1.807) is 14.1 Å². The summed E-state index contributed by atoms with van der Waals surface area (Å²) in [5.74, 6) is -0.840. The van der Waals surface area contributed by atoms with Gasteiger partial charge in [0.25, 0.3) is 0 Å². The molecule has 5 nitrogen and oxygen atoms in total. The van der Waals surface area contributed by atoms with Gasteiger partial charge in [-0.25, -0.2) is 9.18 Å². The van der Waals surface area contributed by atoms with Gasteiger partial charge < -0.3 is 16.0 Å². The van der Waals surface area contributed by atoms with Crippen LogP contribution in [0, 0.1) is 11.2 Å². The summed E-state index contributed by atoms with van der Waals surface area (Å²) in [6, 6.07) is 3.52. The Morgan fingerprint density at radius 1 is 1.50 bits per heavy atom. The van der Waals surface area contributed by atoms with Crippen molar-refractivity contribution >= 4 is 17.6 Å². The number of benzene rings is 1. The van der Waals surface area contributed by atoms with Crippen LogP contribution < -0.4 is 11.1 Å². The number of urea groups is 1. The van der Waals surface area contributed by atoms with Crippen molar-refractivity contribution in [2.75, 3.05) is 19.4 Å². The molecule has 0 aliphatic carbocycles. The molecule has 0 fully saturated rings. The van der Waals surface area contributed by atoms with E-state index in [1.807, 2.05) is 0 Å². The SMILES string of the molecule is CN(C)C(=O)Nc1ccc(C(=N)N)cc1F. The minimum absolute atomic E-state index is 0.0590. The standard InChI is InChI=1S/C10H13FN4O/c1-15(2)10(16)14-8-4-3-6(9(12)13)5-7(8)11/h3-5H,1-2H3,(H3,12,13)(H,14,16). The normalized spacial score (nSPS) is 9.69. The maximum Gasteiger partial charge on any atom is 0.321 e. The van der Waals surface area contributed by atoms with E-state index in [9.17, 15) is 9.18 Å². The summed E-state index contributed by atoms with van der Waals surface area (Å²) in [6.07, 6.45) is 0. The average Bonchev–Trinajstić information content (AvgIpc) is 2.20. The lowest BCUT2D eigenvalue weighted by Crippen LogP contribution is -2.27. The predicted molar refractivity (Wildman–Crippen MR) is 60.1 cm³/mol. The number of nitrogens with one attached hydrogen (secondary N) is 2. The first-order valence-electron chi connectivity index (χ1n) is 4.54. The Morgan fingerprint density at radius 3 is 2.56 bits per heavy atom. The number of carbonyl (C=O) groups is 1. The molecule has 0 radical (unpaired) electrons. The highest BCUT2D eigenvalue weighted by atomic mass is 19.1. The monoisotopic (exact) mass is 224 g/mol. The van der Waals surface area contributed by atoms with Crippen molar-refractivity contribution in [2.45, 2.75) is 0 Å². The van der Waals surface area contributed by atoms with Crippen molar-refractivity contribution in [3.05, 3.63) is 29.6 Å². The Bertz CT molecular complexity index is 431. The molecule has 0 heterocycles. The zero-order valence-electron chi connectivity index (χ0n) is 9.04. The van der Waals surface area contributed by atoms with E-state index in [0.717, 1.165) is 6.07 Å². The number of nitrogens with zero attached hydrogens (tertiary/aromatic N) is 1. The number of rotatable bonds is 2. The molecule has 1 aromatic carbocycles. The van der Waals surface area contributed by atoms with Crippen LogP contribution in [0.25, 0.3) is 0 Å². The van der Waals surface area contributed by atoms with E-state index in [0.29, 0.717) is 0 Å². The molecule has 0 spiro atoms. The zero-order valence-corrected chi connectivity index (χ0v) is 9.04. The van der Waals surface area contributed by atoms with Crippen molar-refractivity contribution in [3.8, 4) is 0 Å². The van der Waals surface area contributed by atoms with Crippen LogP contribution in [0.4, 0.5) is 14.9 Å². The summed E-state index contributed by atoms with van der Waals surface area (Å²) < 4.78 is 13.4.